The molecular weight excluding hydrogens is 997 g/mol. The van der Waals surface area contributed by atoms with E-state index in [0.717, 1.165) is 122 Å². The van der Waals surface area contributed by atoms with Crippen LogP contribution in [0.15, 0.2) is 85.1 Å². The summed E-state index contributed by atoms with van der Waals surface area (Å²) in [6.07, 6.45) is 92.0. The van der Waals surface area contributed by atoms with Crippen molar-refractivity contribution in [3.8, 4) is 0 Å². The number of carbonyl (C=O) groups is 3. The molecule has 0 rings (SSSR count). The summed E-state index contributed by atoms with van der Waals surface area (Å²) >= 11 is 0. The Kier molecular flexibility index (Phi) is 66.2. The van der Waals surface area contributed by atoms with Crippen LogP contribution in [0.4, 0.5) is 0 Å². The quantitative estimate of drug-likeness (QED) is 0.0261. The molecule has 81 heavy (non-hydrogen) atoms. The normalized spacial score (nSPS) is 12.6. The molecule has 0 saturated carbocycles. The Balaban J connectivity index is 4.19. The van der Waals surface area contributed by atoms with Gasteiger partial charge in [0.15, 0.2) is 6.10 Å². The molecule has 0 spiro atoms. The number of ether oxygens (including phenoxy) is 3. The number of carbonyl (C=O) groups excluding carboxylic acids is 3. The molecule has 0 aromatic carbocycles. The van der Waals surface area contributed by atoms with Crippen LogP contribution in [-0.4, -0.2) is 37.2 Å². The SMILES string of the molecule is CC/C=C\C/C=C\C/C=C\C/C=C\C/C=C\C/C=C\C/C=C\CCCCCCCC(=O)OCC(COC(=O)CCCCCCCCCCC)OC(=O)CCCCCCCCCCCCCCCCCCCCCCCCCCCCC. The molecule has 0 bridgehead atoms. The summed E-state index contributed by atoms with van der Waals surface area (Å²) in [6.45, 7) is 6.54. The van der Waals surface area contributed by atoms with Gasteiger partial charge in [-0.2, -0.15) is 0 Å². The number of hydrogen-bond donors (Lipinski definition) is 0. The molecule has 0 amide bonds. The fraction of sp³-hybridized carbons (Fsp3) is 0.773. The van der Waals surface area contributed by atoms with Gasteiger partial charge in [0.1, 0.15) is 13.2 Å². The van der Waals surface area contributed by atoms with Gasteiger partial charge < -0.3 is 14.2 Å². The Labute approximate surface area is 503 Å². The maximum Gasteiger partial charge on any atom is 0.306 e. The van der Waals surface area contributed by atoms with Gasteiger partial charge >= 0.3 is 17.9 Å². The summed E-state index contributed by atoms with van der Waals surface area (Å²) in [5.41, 5.74) is 0. The number of hydrogen-bond acceptors (Lipinski definition) is 6. The molecule has 0 aliphatic rings. The van der Waals surface area contributed by atoms with E-state index >= 15 is 0 Å². The highest BCUT2D eigenvalue weighted by molar-refractivity contribution is 5.71. The van der Waals surface area contributed by atoms with Crippen molar-refractivity contribution in [2.24, 2.45) is 0 Å². The lowest BCUT2D eigenvalue weighted by Gasteiger charge is -2.18. The van der Waals surface area contributed by atoms with Gasteiger partial charge in [0.05, 0.1) is 0 Å². The lowest BCUT2D eigenvalue weighted by molar-refractivity contribution is -0.167. The van der Waals surface area contributed by atoms with Crippen LogP contribution >= 0.6 is 0 Å². The van der Waals surface area contributed by atoms with Crippen molar-refractivity contribution >= 4 is 17.9 Å². The van der Waals surface area contributed by atoms with E-state index in [2.05, 4.69) is 106 Å². The Hall–Kier alpha value is -3.41. The molecule has 6 heteroatoms. The molecule has 1 unspecified atom stereocenters. The maximum atomic E-state index is 12.9. The first-order valence-corrected chi connectivity index (χ1v) is 35.1. The van der Waals surface area contributed by atoms with E-state index in [0.29, 0.717) is 19.3 Å². The summed E-state index contributed by atoms with van der Waals surface area (Å²) in [7, 11) is 0. The van der Waals surface area contributed by atoms with Gasteiger partial charge in [-0.3, -0.25) is 14.4 Å². The molecule has 0 N–H and O–H groups in total. The lowest BCUT2D eigenvalue weighted by atomic mass is 10.0. The molecule has 0 aromatic heterocycles. The number of rotatable bonds is 64. The van der Waals surface area contributed by atoms with Crippen molar-refractivity contribution in [3.05, 3.63) is 85.1 Å². The topological polar surface area (TPSA) is 78.9 Å². The second-order valence-electron chi connectivity index (χ2n) is 23.4. The summed E-state index contributed by atoms with van der Waals surface area (Å²) in [6, 6.07) is 0. The Morgan fingerprint density at radius 1 is 0.259 bits per heavy atom. The monoisotopic (exact) mass is 1130 g/mol. The third-order valence-electron chi connectivity index (χ3n) is 15.4. The average molecular weight is 1130 g/mol. The van der Waals surface area contributed by atoms with E-state index in [1.165, 1.54) is 193 Å². The third kappa shape index (κ3) is 67.3. The van der Waals surface area contributed by atoms with Crippen molar-refractivity contribution < 1.29 is 28.6 Å². The first-order valence-electron chi connectivity index (χ1n) is 35.1. The molecule has 6 nitrogen and oxygen atoms in total. The zero-order valence-electron chi connectivity index (χ0n) is 53.8. The van der Waals surface area contributed by atoms with Crippen molar-refractivity contribution in [1.82, 2.24) is 0 Å². The van der Waals surface area contributed by atoms with Crippen molar-refractivity contribution in [2.45, 2.75) is 361 Å². The molecule has 0 radical (unpaired) electrons. The summed E-state index contributed by atoms with van der Waals surface area (Å²) in [5.74, 6) is -0.884. The molecule has 0 saturated heterocycles. The molecule has 468 valence electrons. The summed E-state index contributed by atoms with van der Waals surface area (Å²) in [4.78, 5) is 38.3. The highest BCUT2D eigenvalue weighted by Gasteiger charge is 2.19. The summed E-state index contributed by atoms with van der Waals surface area (Å²) < 4.78 is 16.9. The molecule has 0 aliphatic carbocycles. The molecule has 0 fully saturated rings. The van der Waals surface area contributed by atoms with Gasteiger partial charge in [-0.25, -0.2) is 0 Å². The van der Waals surface area contributed by atoms with Crippen LogP contribution in [0.1, 0.15) is 355 Å². The van der Waals surface area contributed by atoms with Crippen molar-refractivity contribution in [2.75, 3.05) is 13.2 Å². The van der Waals surface area contributed by atoms with E-state index < -0.39 is 6.10 Å². The van der Waals surface area contributed by atoms with Gasteiger partial charge in [0.2, 0.25) is 0 Å². The van der Waals surface area contributed by atoms with Gasteiger partial charge in [-0.15, -0.1) is 0 Å². The van der Waals surface area contributed by atoms with Gasteiger partial charge in [-0.1, -0.05) is 343 Å². The maximum absolute atomic E-state index is 12.9. The van der Waals surface area contributed by atoms with Crippen LogP contribution < -0.4 is 0 Å². The van der Waals surface area contributed by atoms with Gasteiger partial charge in [-0.05, 0) is 77.0 Å². The van der Waals surface area contributed by atoms with Gasteiger partial charge in [0.25, 0.3) is 0 Å². The van der Waals surface area contributed by atoms with Crippen LogP contribution in [0.25, 0.3) is 0 Å². The first kappa shape index (κ1) is 77.6. The minimum absolute atomic E-state index is 0.0787. The van der Waals surface area contributed by atoms with Crippen LogP contribution in [0, 0.1) is 0 Å². The zero-order valence-corrected chi connectivity index (χ0v) is 53.8. The highest BCUT2D eigenvalue weighted by Crippen LogP contribution is 2.18. The van der Waals surface area contributed by atoms with Gasteiger partial charge in [0, 0.05) is 19.3 Å². The number of allylic oxidation sites excluding steroid dienone is 14. The molecule has 0 aromatic rings. The van der Waals surface area contributed by atoms with Crippen molar-refractivity contribution in [1.29, 1.82) is 0 Å². The van der Waals surface area contributed by atoms with E-state index in [4.69, 9.17) is 14.2 Å². The molecule has 0 aliphatic heterocycles. The molecule has 0 heterocycles. The van der Waals surface area contributed by atoms with E-state index in [1.807, 2.05) is 0 Å². The summed E-state index contributed by atoms with van der Waals surface area (Å²) in [5, 5.41) is 0. The zero-order chi connectivity index (χ0) is 58.5. The van der Waals surface area contributed by atoms with Crippen LogP contribution in [0.2, 0.25) is 0 Å². The standard InChI is InChI=1S/C75H132O6/c1-4-7-10-13-16-19-21-23-25-27-29-31-33-35-37-39-41-43-45-47-49-51-53-56-59-62-65-68-74(77)80-71-72(70-79-73(76)67-64-61-58-55-18-15-12-9-6-3)81-75(78)69-66-63-60-57-54-52-50-48-46-44-42-40-38-36-34-32-30-28-26-24-22-20-17-14-11-8-5-2/h7,10,16,19,23,25,29,31,35,37,41,43,47,49,72H,4-6,8-9,11-15,17-18,20-22,24,26-28,30,32-34,36,38-40,42,44-46,48,50-71H2,1-3H3/b10-7-,19-16-,25-23-,31-29-,37-35-,43-41-,49-47-. The van der Waals surface area contributed by atoms with Crippen LogP contribution in [0.3, 0.4) is 0 Å². The van der Waals surface area contributed by atoms with Crippen molar-refractivity contribution in [3.63, 3.8) is 0 Å². The fourth-order valence-electron chi connectivity index (χ4n) is 10.2. The van der Waals surface area contributed by atoms with E-state index in [-0.39, 0.29) is 31.1 Å². The lowest BCUT2D eigenvalue weighted by Crippen LogP contribution is -2.30. The first-order chi connectivity index (χ1) is 40.0. The van der Waals surface area contributed by atoms with Crippen LogP contribution in [-0.2, 0) is 28.6 Å². The molecule has 1 atom stereocenters. The number of esters is 3. The fourth-order valence-corrected chi connectivity index (χ4v) is 10.2. The molecular formula is C75H132O6. The largest absolute Gasteiger partial charge is 0.462 e. The smallest absolute Gasteiger partial charge is 0.306 e. The Morgan fingerprint density at radius 2 is 0.481 bits per heavy atom. The minimum atomic E-state index is -0.783. The highest BCUT2D eigenvalue weighted by atomic mass is 16.6. The Bertz CT molecular complexity index is 1530. The third-order valence-corrected chi connectivity index (χ3v) is 15.4. The predicted molar refractivity (Wildman–Crippen MR) is 353 cm³/mol. The van der Waals surface area contributed by atoms with Crippen LogP contribution in [0.5, 0.6) is 0 Å². The average Bonchev–Trinajstić information content (AvgIpc) is 3.47. The van der Waals surface area contributed by atoms with E-state index in [1.54, 1.807) is 0 Å². The predicted octanol–water partition coefficient (Wildman–Crippen LogP) is 24.2. The number of unbranched alkanes of at least 4 members (excludes halogenated alkanes) is 39. The minimum Gasteiger partial charge on any atom is -0.462 e. The van der Waals surface area contributed by atoms with E-state index in [9.17, 15) is 14.4 Å². The second kappa shape index (κ2) is 69.1. The Morgan fingerprint density at radius 3 is 0.753 bits per heavy atom. The second-order valence-corrected chi connectivity index (χ2v) is 23.4.